The van der Waals surface area contributed by atoms with Crippen LogP contribution in [0.5, 0.6) is 11.8 Å². The highest BCUT2D eigenvalue weighted by molar-refractivity contribution is 7.80. The van der Waals surface area contributed by atoms with Gasteiger partial charge in [0.15, 0.2) is 5.11 Å². The third kappa shape index (κ3) is 5.63. The van der Waals surface area contributed by atoms with Crippen molar-refractivity contribution in [2.24, 2.45) is 0 Å². The van der Waals surface area contributed by atoms with Gasteiger partial charge in [0.25, 0.3) is 5.91 Å². The Morgan fingerprint density at radius 3 is 2.21 bits per heavy atom. The van der Waals surface area contributed by atoms with Crippen LogP contribution in [0.15, 0.2) is 54.6 Å². The van der Waals surface area contributed by atoms with Crippen molar-refractivity contribution < 1.29 is 9.53 Å². The predicted molar refractivity (Wildman–Crippen MR) is 113 cm³/mol. The number of ether oxygens (including phenoxy) is 1. The number of amides is 1. The number of aryl methyl sites for hydroxylation is 1. The first-order valence-electron chi connectivity index (χ1n) is 8.06. The molecule has 0 radical (unpaired) electrons. The maximum atomic E-state index is 12.2. The van der Waals surface area contributed by atoms with Crippen LogP contribution < -0.4 is 15.4 Å². The molecule has 2 N–H and O–H groups in total. The fourth-order valence-electron chi connectivity index (χ4n) is 2.17. The molecule has 0 spiro atoms. The van der Waals surface area contributed by atoms with Crippen molar-refractivity contribution in [3.8, 4) is 11.8 Å². The Kier molecular flexibility index (Phi) is 6.41. The van der Waals surface area contributed by atoms with Crippen LogP contribution in [0.2, 0.25) is 10.3 Å². The quantitative estimate of drug-likeness (QED) is 0.445. The van der Waals surface area contributed by atoms with Gasteiger partial charge in [-0.1, -0.05) is 40.9 Å². The molecule has 0 atom stereocenters. The number of nitrogens with one attached hydrogen (secondary N) is 2. The van der Waals surface area contributed by atoms with Gasteiger partial charge in [-0.15, -0.1) is 0 Å². The van der Waals surface area contributed by atoms with Crippen LogP contribution in [0.3, 0.4) is 0 Å². The van der Waals surface area contributed by atoms with Crippen LogP contribution in [0.1, 0.15) is 15.9 Å². The van der Waals surface area contributed by atoms with Gasteiger partial charge in [0.1, 0.15) is 16.1 Å². The molecule has 0 saturated heterocycles. The summed E-state index contributed by atoms with van der Waals surface area (Å²) in [5.41, 5.74) is 2.27. The van der Waals surface area contributed by atoms with Gasteiger partial charge in [0.05, 0.1) is 0 Å². The molecule has 0 fully saturated rings. The lowest BCUT2D eigenvalue weighted by atomic mass is 10.1. The fourth-order valence-corrected chi connectivity index (χ4v) is 2.79. The fraction of sp³-hybridized carbons (Fsp3) is 0.0526. The molecular weight excluding hydrogens is 419 g/mol. The number of aromatic nitrogens is 2. The van der Waals surface area contributed by atoms with Gasteiger partial charge in [0, 0.05) is 17.3 Å². The van der Waals surface area contributed by atoms with Crippen LogP contribution in [0.25, 0.3) is 0 Å². The molecule has 0 aliphatic heterocycles. The second-order valence-corrected chi connectivity index (χ2v) is 6.88. The number of carbonyl (C=O) groups is 1. The van der Waals surface area contributed by atoms with Crippen molar-refractivity contribution in [2.75, 3.05) is 5.32 Å². The first-order valence-corrected chi connectivity index (χ1v) is 9.22. The van der Waals surface area contributed by atoms with Crippen LogP contribution in [-0.2, 0) is 0 Å². The lowest BCUT2D eigenvalue weighted by molar-refractivity contribution is 0.0977. The Balaban J connectivity index is 1.58. The molecule has 2 aromatic carbocycles. The Bertz CT molecular complexity index is 991. The lowest BCUT2D eigenvalue weighted by Crippen LogP contribution is -2.34. The van der Waals surface area contributed by atoms with E-state index in [4.69, 9.17) is 40.2 Å². The number of hydrogen-bond donors (Lipinski definition) is 2. The third-order valence-corrected chi connectivity index (χ3v) is 4.10. The minimum absolute atomic E-state index is 0.0408. The van der Waals surface area contributed by atoms with Gasteiger partial charge in [-0.3, -0.25) is 10.1 Å². The number of thiocarbonyl (C=S) groups is 1. The molecule has 6 nitrogen and oxygen atoms in total. The van der Waals surface area contributed by atoms with Crippen molar-refractivity contribution in [1.29, 1.82) is 0 Å². The zero-order valence-corrected chi connectivity index (χ0v) is 16.9. The largest absolute Gasteiger partial charge is 0.424 e. The van der Waals surface area contributed by atoms with E-state index in [9.17, 15) is 4.79 Å². The predicted octanol–water partition coefficient (Wildman–Crippen LogP) is 5.01. The van der Waals surface area contributed by atoms with E-state index in [1.165, 1.54) is 6.07 Å². The van der Waals surface area contributed by atoms with Gasteiger partial charge in [-0.05, 0) is 55.5 Å². The summed E-state index contributed by atoms with van der Waals surface area (Å²) in [5.74, 6) is 0.200. The molecule has 0 aliphatic rings. The molecule has 9 heteroatoms. The first kappa shape index (κ1) is 20.0. The summed E-state index contributed by atoms with van der Waals surface area (Å²) in [4.78, 5) is 20.0. The number of halogens is 2. The molecule has 28 heavy (non-hydrogen) atoms. The molecule has 3 rings (SSSR count). The first-order chi connectivity index (χ1) is 13.4. The normalized spacial score (nSPS) is 10.2. The molecule has 0 unspecified atom stereocenters. The second kappa shape index (κ2) is 8.97. The number of carbonyl (C=O) groups excluding carboxylic acids is 1. The summed E-state index contributed by atoms with van der Waals surface area (Å²) < 4.78 is 5.51. The van der Waals surface area contributed by atoms with E-state index in [2.05, 4.69) is 20.6 Å². The van der Waals surface area contributed by atoms with E-state index in [1.54, 1.807) is 36.4 Å². The highest BCUT2D eigenvalue weighted by Crippen LogP contribution is 2.23. The van der Waals surface area contributed by atoms with Crippen molar-refractivity contribution in [3.05, 3.63) is 76.0 Å². The molecule has 1 amide bonds. The Hall–Kier alpha value is -2.74. The monoisotopic (exact) mass is 432 g/mol. The van der Waals surface area contributed by atoms with E-state index in [1.807, 2.05) is 19.1 Å². The van der Waals surface area contributed by atoms with Gasteiger partial charge >= 0.3 is 6.01 Å². The van der Waals surface area contributed by atoms with Crippen LogP contribution in [0, 0.1) is 6.92 Å². The number of anilines is 1. The van der Waals surface area contributed by atoms with Crippen molar-refractivity contribution >= 4 is 52.1 Å². The summed E-state index contributed by atoms with van der Waals surface area (Å²) >= 11 is 16.8. The maximum absolute atomic E-state index is 12.2. The van der Waals surface area contributed by atoms with E-state index >= 15 is 0 Å². The van der Waals surface area contributed by atoms with Crippen molar-refractivity contribution in [3.63, 3.8) is 0 Å². The smallest absolute Gasteiger partial charge is 0.324 e. The number of rotatable bonds is 4. The highest BCUT2D eigenvalue weighted by atomic mass is 35.5. The van der Waals surface area contributed by atoms with E-state index < -0.39 is 0 Å². The van der Waals surface area contributed by atoms with E-state index in [0.29, 0.717) is 17.0 Å². The molecule has 0 aliphatic carbocycles. The minimum Gasteiger partial charge on any atom is -0.424 e. The van der Waals surface area contributed by atoms with Crippen LogP contribution >= 0.6 is 35.4 Å². The average Bonchev–Trinajstić information content (AvgIpc) is 2.63. The summed E-state index contributed by atoms with van der Waals surface area (Å²) in [6.45, 7) is 1.95. The van der Waals surface area contributed by atoms with Crippen LogP contribution in [-0.4, -0.2) is 21.0 Å². The zero-order valence-electron chi connectivity index (χ0n) is 14.6. The van der Waals surface area contributed by atoms with Crippen LogP contribution in [0.4, 0.5) is 5.69 Å². The summed E-state index contributed by atoms with van der Waals surface area (Å²) in [6.07, 6.45) is 0. The van der Waals surface area contributed by atoms with E-state index in [-0.39, 0.29) is 27.3 Å². The second-order valence-electron chi connectivity index (χ2n) is 5.70. The average molecular weight is 433 g/mol. The Morgan fingerprint density at radius 1 is 1.00 bits per heavy atom. The molecule has 0 bridgehead atoms. The topological polar surface area (TPSA) is 76.1 Å². The zero-order chi connectivity index (χ0) is 20.1. The molecule has 1 aromatic heterocycles. The van der Waals surface area contributed by atoms with Gasteiger partial charge in [-0.2, -0.15) is 9.97 Å². The number of benzene rings is 2. The highest BCUT2D eigenvalue weighted by Gasteiger charge is 2.08. The summed E-state index contributed by atoms with van der Waals surface area (Å²) in [6, 6.07) is 15.5. The summed E-state index contributed by atoms with van der Waals surface area (Å²) in [7, 11) is 0. The van der Waals surface area contributed by atoms with Gasteiger partial charge in [-0.25, -0.2) is 0 Å². The molecule has 0 saturated carbocycles. The van der Waals surface area contributed by atoms with Gasteiger partial charge < -0.3 is 10.1 Å². The lowest BCUT2D eigenvalue weighted by Gasteiger charge is -2.10. The molecule has 1 heterocycles. The molecular formula is C19H14Cl2N4O2S. The third-order valence-electron chi connectivity index (χ3n) is 3.51. The number of hydrogen-bond acceptors (Lipinski definition) is 5. The maximum Gasteiger partial charge on any atom is 0.324 e. The molecule has 142 valence electrons. The van der Waals surface area contributed by atoms with Crippen molar-refractivity contribution in [1.82, 2.24) is 15.3 Å². The minimum atomic E-state index is -0.285. The van der Waals surface area contributed by atoms with Crippen molar-refractivity contribution in [2.45, 2.75) is 6.92 Å². The SMILES string of the molecule is Cc1ccc(C(=O)NC(=S)Nc2ccc(Oc3nc(Cl)cc(Cl)n3)cc2)cc1. The number of nitrogens with zero attached hydrogens (tertiary/aromatic N) is 2. The Labute approximate surface area is 176 Å². The standard InChI is InChI=1S/C19H14Cl2N4O2S/c1-11-2-4-12(5-3-11)17(26)25-19(28)22-13-6-8-14(9-7-13)27-18-23-15(20)10-16(21)24-18/h2-10H,1H3,(H2,22,25,26,28). The van der Waals surface area contributed by atoms with E-state index in [0.717, 1.165) is 5.56 Å². The molecule has 3 aromatic rings. The Morgan fingerprint density at radius 2 is 1.61 bits per heavy atom. The summed E-state index contributed by atoms with van der Waals surface area (Å²) in [5, 5.41) is 6.12. The van der Waals surface area contributed by atoms with Gasteiger partial charge in [0.2, 0.25) is 0 Å².